The van der Waals surface area contributed by atoms with Crippen molar-refractivity contribution >= 4 is 15.9 Å². The van der Waals surface area contributed by atoms with Crippen molar-refractivity contribution in [1.82, 2.24) is 9.62 Å². The molecule has 7 heteroatoms. The van der Waals surface area contributed by atoms with Gasteiger partial charge in [-0.2, -0.15) is 4.31 Å². The molecule has 1 aromatic rings. The predicted octanol–water partition coefficient (Wildman–Crippen LogP) is 2.27. The van der Waals surface area contributed by atoms with Crippen LogP contribution in [0.2, 0.25) is 0 Å². The molecule has 6 nitrogen and oxygen atoms in total. The van der Waals surface area contributed by atoms with Gasteiger partial charge in [-0.1, -0.05) is 32.0 Å². The average molecular weight is 383 g/mol. The lowest BCUT2D eigenvalue weighted by atomic mass is 9.98. The maximum Gasteiger partial charge on any atom is 0.243 e. The molecule has 1 aliphatic heterocycles. The molecule has 2 rings (SSSR count). The molecule has 0 aromatic heterocycles. The minimum atomic E-state index is -3.41. The Morgan fingerprint density at radius 1 is 1.23 bits per heavy atom. The Morgan fingerprint density at radius 3 is 2.50 bits per heavy atom. The van der Waals surface area contributed by atoms with Gasteiger partial charge in [-0.05, 0) is 36.8 Å². The maximum absolute atomic E-state index is 12.6. The van der Waals surface area contributed by atoms with Crippen LogP contribution in [0, 0.1) is 11.8 Å². The summed E-state index contributed by atoms with van der Waals surface area (Å²) in [5.74, 6) is 0.779. The molecule has 0 saturated carbocycles. The average Bonchev–Trinajstić information content (AvgIpc) is 2.64. The van der Waals surface area contributed by atoms with E-state index in [9.17, 15) is 13.2 Å². The Balaban J connectivity index is 1.69. The number of nitrogens with zero attached hydrogens (tertiary/aromatic N) is 1. The highest BCUT2D eigenvalue weighted by atomic mass is 32.2. The molecule has 0 spiro atoms. The van der Waals surface area contributed by atoms with Gasteiger partial charge in [0, 0.05) is 32.7 Å². The smallest absolute Gasteiger partial charge is 0.243 e. The summed E-state index contributed by atoms with van der Waals surface area (Å²) in [5, 5.41) is 2.94. The Morgan fingerprint density at radius 2 is 1.88 bits per heavy atom. The van der Waals surface area contributed by atoms with Crippen LogP contribution in [0.1, 0.15) is 33.1 Å². The Labute approximate surface area is 157 Å². The van der Waals surface area contributed by atoms with Crippen LogP contribution in [0.3, 0.4) is 0 Å². The number of hydrogen-bond acceptors (Lipinski definition) is 4. The molecule has 0 aliphatic carbocycles. The second-order valence-corrected chi connectivity index (χ2v) is 9.12. The molecule has 1 fully saturated rings. The van der Waals surface area contributed by atoms with Gasteiger partial charge in [0.2, 0.25) is 15.9 Å². The van der Waals surface area contributed by atoms with E-state index in [4.69, 9.17) is 4.74 Å². The number of sulfonamides is 1. The molecular formula is C19H30N2O4S. The van der Waals surface area contributed by atoms with E-state index < -0.39 is 10.0 Å². The molecule has 0 unspecified atom stereocenters. The molecular weight excluding hydrogens is 352 g/mol. The summed E-state index contributed by atoms with van der Waals surface area (Å²) in [6, 6.07) is 8.54. The Kier molecular flexibility index (Phi) is 8.06. The minimum Gasteiger partial charge on any atom is -0.381 e. The summed E-state index contributed by atoms with van der Waals surface area (Å²) in [6.07, 6.45) is 1.89. The first-order valence-electron chi connectivity index (χ1n) is 9.29. The van der Waals surface area contributed by atoms with Crippen LogP contribution < -0.4 is 5.32 Å². The highest BCUT2D eigenvalue weighted by Crippen LogP contribution is 2.23. The summed E-state index contributed by atoms with van der Waals surface area (Å²) in [7, 11) is -3.41. The normalized spacial score (nSPS) is 16.7. The van der Waals surface area contributed by atoms with E-state index in [-0.39, 0.29) is 5.91 Å². The molecule has 1 amide bonds. The van der Waals surface area contributed by atoms with Gasteiger partial charge in [-0.15, -0.1) is 0 Å². The van der Waals surface area contributed by atoms with Gasteiger partial charge >= 0.3 is 0 Å². The van der Waals surface area contributed by atoms with E-state index in [2.05, 4.69) is 19.2 Å². The number of hydrogen-bond donors (Lipinski definition) is 1. The van der Waals surface area contributed by atoms with Gasteiger partial charge in [-0.25, -0.2) is 8.42 Å². The van der Waals surface area contributed by atoms with Crippen LogP contribution >= 0.6 is 0 Å². The van der Waals surface area contributed by atoms with Crippen LogP contribution in [0.15, 0.2) is 35.2 Å². The van der Waals surface area contributed by atoms with E-state index >= 15 is 0 Å². The summed E-state index contributed by atoms with van der Waals surface area (Å²) in [6.45, 7) is 6.85. The van der Waals surface area contributed by atoms with E-state index in [1.54, 1.807) is 28.6 Å². The summed E-state index contributed by atoms with van der Waals surface area (Å²) in [5.41, 5.74) is 0. The molecule has 146 valence electrons. The molecule has 1 aliphatic rings. The first kappa shape index (κ1) is 20.9. The minimum absolute atomic E-state index is 0.00640. The van der Waals surface area contributed by atoms with Gasteiger partial charge in [0.25, 0.3) is 0 Å². The van der Waals surface area contributed by atoms with Crippen molar-refractivity contribution in [3.63, 3.8) is 0 Å². The number of nitrogens with one attached hydrogen (secondary N) is 1. The van der Waals surface area contributed by atoms with Crippen molar-refractivity contribution in [3.8, 4) is 0 Å². The zero-order chi connectivity index (χ0) is 19.0. The Bertz CT molecular complexity index is 653. The van der Waals surface area contributed by atoms with Gasteiger partial charge in [0.05, 0.1) is 11.5 Å². The summed E-state index contributed by atoms with van der Waals surface area (Å²) >= 11 is 0. The standard InChI is InChI=1S/C19H30N2O4S/c1-16(2)15-25-13-10-19(22)20-14-17-8-11-21(12-9-17)26(23,24)18-6-4-3-5-7-18/h3-7,16-17H,8-15H2,1-2H3,(H,20,22). The van der Waals surface area contributed by atoms with E-state index in [1.807, 2.05) is 6.07 Å². The fourth-order valence-corrected chi connectivity index (χ4v) is 4.42. The first-order valence-corrected chi connectivity index (χ1v) is 10.7. The third kappa shape index (κ3) is 6.37. The highest BCUT2D eigenvalue weighted by Gasteiger charge is 2.29. The maximum atomic E-state index is 12.6. The number of rotatable bonds is 9. The molecule has 1 N–H and O–H groups in total. The van der Waals surface area contributed by atoms with Crippen LogP contribution in [0.4, 0.5) is 0 Å². The molecule has 26 heavy (non-hydrogen) atoms. The molecule has 0 bridgehead atoms. The van der Waals surface area contributed by atoms with Crippen LogP contribution in [-0.4, -0.2) is 51.5 Å². The molecule has 1 heterocycles. The lowest BCUT2D eigenvalue weighted by Crippen LogP contribution is -2.41. The molecule has 0 atom stereocenters. The number of benzene rings is 1. The number of carbonyl (C=O) groups is 1. The Hall–Kier alpha value is -1.44. The van der Waals surface area contributed by atoms with Gasteiger partial charge in [0.15, 0.2) is 0 Å². The fraction of sp³-hybridized carbons (Fsp3) is 0.632. The SMILES string of the molecule is CC(C)COCCC(=O)NCC1CCN(S(=O)(=O)c2ccccc2)CC1. The van der Waals surface area contributed by atoms with Crippen molar-refractivity contribution in [1.29, 1.82) is 0 Å². The van der Waals surface area contributed by atoms with Crippen molar-refractivity contribution in [2.75, 3.05) is 32.8 Å². The monoisotopic (exact) mass is 382 g/mol. The number of amides is 1. The van der Waals surface area contributed by atoms with Gasteiger partial charge < -0.3 is 10.1 Å². The van der Waals surface area contributed by atoms with Crippen LogP contribution in [0.5, 0.6) is 0 Å². The first-order chi connectivity index (χ1) is 12.4. The van der Waals surface area contributed by atoms with Gasteiger partial charge in [0.1, 0.15) is 0 Å². The third-order valence-corrected chi connectivity index (χ3v) is 6.38. The number of carbonyl (C=O) groups excluding carboxylic acids is 1. The van der Waals surface area contributed by atoms with Crippen molar-refractivity contribution in [3.05, 3.63) is 30.3 Å². The molecule has 1 aromatic carbocycles. The van der Waals surface area contributed by atoms with Crippen molar-refractivity contribution in [2.24, 2.45) is 11.8 Å². The summed E-state index contributed by atoms with van der Waals surface area (Å²) < 4.78 is 32.2. The van der Waals surface area contributed by atoms with Gasteiger partial charge in [-0.3, -0.25) is 4.79 Å². The van der Waals surface area contributed by atoms with Crippen LogP contribution in [0.25, 0.3) is 0 Å². The number of piperidine rings is 1. The van der Waals surface area contributed by atoms with Crippen molar-refractivity contribution < 1.29 is 17.9 Å². The highest BCUT2D eigenvalue weighted by molar-refractivity contribution is 7.89. The van der Waals surface area contributed by atoms with E-state index in [1.165, 1.54) is 0 Å². The second-order valence-electron chi connectivity index (χ2n) is 7.18. The lowest BCUT2D eigenvalue weighted by molar-refractivity contribution is -0.122. The number of ether oxygens (including phenoxy) is 1. The summed E-state index contributed by atoms with van der Waals surface area (Å²) in [4.78, 5) is 12.2. The van der Waals surface area contributed by atoms with Crippen molar-refractivity contribution in [2.45, 2.75) is 38.0 Å². The topological polar surface area (TPSA) is 75.7 Å². The quantitative estimate of drug-likeness (QED) is 0.665. The largest absolute Gasteiger partial charge is 0.381 e. The lowest BCUT2D eigenvalue weighted by Gasteiger charge is -2.31. The predicted molar refractivity (Wildman–Crippen MR) is 101 cm³/mol. The van der Waals surface area contributed by atoms with Crippen LogP contribution in [-0.2, 0) is 19.6 Å². The third-order valence-electron chi connectivity index (χ3n) is 4.47. The van der Waals surface area contributed by atoms with E-state index in [0.29, 0.717) is 56.0 Å². The molecule has 1 saturated heterocycles. The molecule has 0 radical (unpaired) electrons. The zero-order valence-corrected chi connectivity index (χ0v) is 16.5. The zero-order valence-electron chi connectivity index (χ0n) is 15.7. The van der Waals surface area contributed by atoms with E-state index in [0.717, 1.165) is 12.8 Å². The second kappa shape index (κ2) is 10.0. The fourth-order valence-electron chi connectivity index (χ4n) is 2.93.